The van der Waals surface area contributed by atoms with Gasteiger partial charge in [-0.3, -0.25) is 4.79 Å². The van der Waals surface area contributed by atoms with Crippen molar-refractivity contribution < 1.29 is 9.47 Å². The maximum absolute atomic E-state index is 11.0. The van der Waals surface area contributed by atoms with E-state index in [2.05, 4.69) is 10.2 Å². The first-order valence-electron chi connectivity index (χ1n) is 6.11. The van der Waals surface area contributed by atoms with E-state index in [9.17, 15) is 4.79 Å². The van der Waals surface area contributed by atoms with Gasteiger partial charge in [-0.2, -0.15) is 5.10 Å². The van der Waals surface area contributed by atoms with Crippen molar-refractivity contribution in [2.24, 2.45) is 0 Å². The quantitative estimate of drug-likeness (QED) is 0.851. The fourth-order valence-electron chi connectivity index (χ4n) is 1.66. The van der Waals surface area contributed by atoms with Crippen LogP contribution in [0.2, 0.25) is 0 Å². The van der Waals surface area contributed by atoms with Gasteiger partial charge >= 0.3 is 0 Å². The number of nitrogens with one attached hydrogen (secondary N) is 1. The predicted octanol–water partition coefficient (Wildman–Crippen LogP) is 1.85. The molecule has 0 aliphatic carbocycles. The van der Waals surface area contributed by atoms with Gasteiger partial charge in [0.05, 0.1) is 19.4 Å². The Morgan fingerprint density at radius 2 is 2.00 bits per heavy atom. The normalized spacial score (nSPS) is 9.70. The van der Waals surface area contributed by atoms with Crippen molar-refractivity contribution in [3.05, 3.63) is 40.7 Å². The third-order valence-electron chi connectivity index (χ3n) is 2.60. The molecule has 20 heavy (non-hydrogen) atoms. The summed E-state index contributed by atoms with van der Waals surface area (Å²) in [4.78, 5) is 11.0. The summed E-state index contributed by atoms with van der Waals surface area (Å²) < 4.78 is 10.9. The average molecular weight is 283 g/mol. The zero-order valence-corrected chi connectivity index (χ0v) is 14.0. The van der Waals surface area contributed by atoms with Gasteiger partial charge in [-0.05, 0) is 30.7 Å². The van der Waals surface area contributed by atoms with E-state index in [0.717, 1.165) is 12.0 Å². The summed E-state index contributed by atoms with van der Waals surface area (Å²) in [7, 11) is 1.60. The van der Waals surface area contributed by atoms with E-state index in [0.29, 0.717) is 23.8 Å². The number of ether oxygens (including phenoxy) is 2. The van der Waals surface area contributed by atoms with Crippen LogP contribution < -0.4 is 15.0 Å². The van der Waals surface area contributed by atoms with Crippen molar-refractivity contribution in [3.8, 4) is 22.8 Å². The maximum atomic E-state index is 11.0. The summed E-state index contributed by atoms with van der Waals surface area (Å²) in [5.41, 5.74) is 1.32. The van der Waals surface area contributed by atoms with Gasteiger partial charge < -0.3 is 9.47 Å². The molecule has 101 valence electrons. The van der Waals surface area contributed by atoms with Crippen LogP contribution in [0.15, 0.2) is 35.1 Å². The van der Waals surface area contributed by atoms with Crippen LogP contribution in [0.1, 0.15) is 13.3 Å². The van der Waals surface area contributed by atoms with Gasteiger partial charge in [0.15, 0.2) is 11.5 Å². The van der Waals surface area contributed by atoms with Crippen molar-refractivity contribution in [3.63, 3.8) is 0 Å². The molecule has 2 aromatic rings. The second kappa shape index (κ2) is 8.09. The van der Waals surface area contributed by atoms with Gasteiger partial charge in [0.1, 0.15) is 0 Å². The molecular formula is C14H16N2NaO3. The van der Waals surface area contributed by atoms with Crippen molar-refractivity contribution in [1.29, 1.82) is 0 Å². The number of hydrogen-bond acceptors (Lipinski definition) is 4. The van der Waals surface area contributed by atoms with Crippen LogP contribution in [-0.4, -0.2) is 53.5 Å². The Hall–Kier alpha value is -1.30. The molecule has 1 aromatic heterocycles. The summed E-state index contributed by atoms with van der Waals surface area (Å²) >= 11 is 0. The number of aromatic amines is 1. The van der Waals surface area contributed by atoms with E-state index >= 15 is 0 Å². The molecule has 0 saturated heterocycles. The number of benzene rings is 1. The smallest absolute Gasteiger partial charge is 0.264 e. The van der Waals surface area contributed by atoms with Crippen LogP contribution in [-0.2, 0) is 0 Å². The fourth-order valence-corrected chi connectivity index (χ4v) is 1.66. The molecule has 1 aromatic carbocycles. The molecule has 1 heterocycles. The molecule has 1 radical (unpaired) electrons. The van der Waals surface area contributed by atoms with Gasteiger partial charge in [0.25, 0.3) is 5.56 Å². The Morgan fingerprint density at radius 1 is 1.20 bits per heavy atom. The van der Waals surface area contributed by atoms with Crippen molar-refractivity contribution in [2.75, 3.05) is 13.7 Å². The number of methoxy groups -OCH3 is 1. The predicted molar refractivity (Wildman–Crippen MR) is 78.4 cm³/mol. The minimum absolute atomic E-state index is 0. The zero-order valence-electron chi connectivity index (χ0n) is 12.0. The van der Waals surface area contributed by atoms with Crippen LogP contribution in [0.25, 0.3) is 11.3 Å². The Kier molecular flexibility index (Phi) is 6.78. The van der Waals surface area contributed by atoms with E-state index in [1.54, 1.807) is 13.2 Å². The van der Waals surface area contributed by atoms with Crippen molar-refractivity contribution >= 4 is 29.6 Å². The third kappa shape index (κ3) is 4.10. The average Bonchev–Trinajstić information content (AvgIpc) is 2.46. The minimum Gasteiger partial charge on any atom is -0.493 e. The van der Waals surface area contributed by atoms with Gasteiger partial charge in [0, 0.05) is 41.2 Å². The molecule has 0 aliphatic rings. The summed E-state index contributed by atoms with van der Waals surface area (Å²) in [5.74, 6) is 1.36. The second-order valence-corrected chi connectivity index (χ2v) is 4.02. The molecule has 0 aliphatic heterocycles. The van der Waals surface area contributed by atoms with Gasteiger partial charge in [-0.25, -0.2) is 5.10 Å². The monoisotopic (exact) mass is 283 g/mol. The molecule has 5 nitrogen and oxygen atoms in total. The van der Waals surface area contributed by atoms with Crippen molar-refractivity contribution in [1.82, 2.24) is 10.2 Å². The first-order chi connectivity index (χ1) is 9.24. The Morgan fingerprint density at radius 3 is 2.60 bits per heavy atom. The van der Waals surface area contributed by atoms with Gasteiger partial charge in [-0.15, -0.1) is 0 Å². The molecule has 6 heteroatoms. The molecule has 2 rings (SSSR count). The summed E-state index contributed by atoms with van der Waals surface area (Å²) in [6.07, 6.45) is 0.937. The molecule has 0 spiro atoms. The molecule has 0 atom stereocenters. The number of rotatable bonds is 5. The molecule has 1 N–H and O–H groups in total. The summed E-state index contributed by atoms with van der Waals surface area (Å²) in [6.45, 7) is 2.69. The van der Waals surface area contributed by atoms with Gasteiger partial charge in [0.2, 0.25) is 0 Å². The molecule has 0 unspecified atom stereocenters. The van der Waals surface area contributed by atoms with Crippen LogP contribution >= 0.6 is 0 Å². The first kappa shape index (κ1) is 16.8. The second-order valence-electron chi connectivity index (χ2n) is 4.02. The molecular weight excluding hydrogens is 267 g/mol. The Bertz CT molecular complexity index is 593. The van der Waals surface area contributed by atoms with E-state index in [-0.39, 0.29) is 35.1 Å². The number of aromatic nitrogens is 2. The van der Waals surface area contributed by atoms with Crippen LogP contribution in [0, 0.1) is 0 Å². The molecule has 0 saturated carbocycles. The third-order valence-corrected chi connectivity index (χ3v) is 2.60. The molecule has 0 bridgehead atoms. The summed E-state index contributed by atoms with van der Waals surface area (Å²) in [5, 5.41) is 6.39. The largest absolute Gasteiger partial charge is 0.493 e. The van der Waals surface area contributed by atoms with Crippen LogP contribution in [0.3, 0.4) is 0 Å². The molecule has 0 amide bonds. The van der Waals surface area contributed by atoms with Crippen LogP contribution in [0.5, 0.6) is 11.5 Å². The first-order valence-corrected chi connectivity index (χ1v) is 6.11. The number of nitrogens with zero attached hydrogens (tertiary/aromatic N) is 1. The Labute approximate surface area is 139 Å². The van der Waals surface area contributed by atoms with E-state index in [1.165, 1.54) is 6.07 Å². The standard InChI is InChI=1S/C14H16N2O3.Na/c1-3-8-19-12-6-4-10(9-13(12)18-2)11-5-7-14(17)16-15-11;/h4-7,9H,3,8H2,1-2H3,(H,16,17);. The summed E-state index contributed by atoms with van der Waals surface area (Å²) in [6, 6.07) is 8.67. The topological polar surface area (TPSA) is 64.2 Å². The number of hydrogen-bond donors (Lipinski definition) is 1. The van der Waals surface area contributed by atoms with Crippen LogP contribution in [0.4, 0.5) is 0 Å². The zero-order chi connectivity index (χ0) is 13.7. The van der Waals surface area contributed by atoms with E-state index < -0.39 is 0 Å². The maximum Gasteiger partial charge on any atom is 0.264 e. The van der Waals surface area contributed by atoms with E-state index in [4.69, 9.17) is 9.47 Å². The SMILES string of the molecule is CCCOc1ccc(-c2ccc(=O)[nH]n2)cc1OC.[Na]. The van der Waals surface area contributed by atoms with E-state index in [1.807, 2.05) is 25.1 Å². The molecule has 0 fully saturated rings. The minimum atomic E-state index is -0.224. The Balaban J connectivity index is 0.00000200. The van der Waals surface area contributed by atoms with Gasteiger partial charge in [-0.1, -0.05) is 6.92 Å². The number of H-pyrrole nitrogens is 1. The van der Waals surface area contributed by atoms with Crippen molar-refractivity contribution in [2.45, 2.75) is 13.3 Å². The fraction of sp³-hybridized carbons (Fsp3) is 0.286.